The van der Waals surface area contributed by atoms with Crippen molar-refractivity contribution in [2.24, 2.45) is 0 Å². The second-order valence-corrected chi connectivity index (χ2v) is 10.2. The summed E-state index contributed by atoms with van der Waals surface area (Å²) in [5.74, 6) is -1.27. The summed E-state index contributed by atoms with van der Waals surface area (Å²) >= 11 is 0. The van der Waals surface area contributed by atoms with Crippen molar-refractivity contribution >= 4 is 16.9 Å². The Bertz CT molecular complexity index is 1260. The number of hydrogen-bond donors (Lipinski definition) is 0. The van der Waals surface area contributed by atoms with Gasteiger partial charge in [-0.3, -0.25) is 4.98 Å². The number of esters is 1. The molecule has 0 saturated heterocycles. The molecule has 1 heterocycles. The highest BCUT2D eigenvalue weighted by atomic mass is 32.2. The number of hydrogen-bond acceptors (Lipinski definition) is 4. The molecule has 35 heavy (non-hydrogen) atoms. The number of halogens is 2. The molecule has 0 bridgehead atoms. The predicted molar refractivity (Wildman–Crippen MR) is 130 cm³/mol. The highest BCUT2D eigenvalue weighted by Crippen LogP contribution is 2.33. The Balaban J connectivity index is 1.48. The first kappa shape index (κ1) is 24.4. The summed E-state index contributed by atoms with van der Waals surface area (Å²) in [5, 5.41) is 0. The molecule has 4 nitrogen and oxygen atoms in total. The van der Waals surface area contributed by atoms with Crippen LogP contribution in [0.15, 0.2) is 112 Å². The van der Waals surface area contributed by atoms with E-state index >= 15 is 0 Å². The molecule has 1 aromatic heterocycles. The lowest BCUT2D eigenvalue weighted by molar-refractivity contribution is -0.159. The monoisotopic (exact) mass is 492 g/mol. The quantitative estimate of drug-likeness (QED) is 0.214. The lowest BCUT2D eigenvalue weighted by Crippen LogP contribution is -2.28. The average Bonchev–Trinajstić information content (AvgIpc) is 2.84. The summed E-state index contributed by atoms with van der Waals surface area (Å²) in [4.78, 5) is 18.7. The summed E-state index contributed by atoms with van der Waals surface area (Å²) in [5.41, 5.74) is 0.00394. The number of carbonyl (C=O) groups excluding carboxylic acids is 1. The molecule has 7 heteroatoms. The fourth-order valence-electron chi connectivity index (χ4n) is 3.55. The number of aromatic nitrogens is 1. The van der Waals surface area contributed by atoms with E-state index in [-0.39, 0.29) is 6.61 Å². The Morgan fingerprint density at radius 2 is 1.43 bits per heavy atom. The van der Waals surface area contributed by atoms with E-state index in [1.54, 1.807) is 50.5 Å². The van der Waals surface area contributed by atoms with Crippen molar-refractivity contribution in [2.75, 3.05) is 6.61 Å². The van der Waals surface area contributed by atoms with Crippen LogP contribution in [0.4, 0.5) is 8.78 Å². The van der Waals surface area contributed by atoms with E-state index in [1.807, 2.05) is 42.5 Å². The van der Waals surface area contributed by atoms with Crippen molar-refractivity contribution in [1.82, 2.24) is 4.98 Å². The summed E-state index contributed by atoms with van der Waals surface area (Å²) in [6.45, 7) is 3.34. The maximum atomic E-state index is 14.0. The molecule has 0 aliphatic carbocycles. The van der Waals surface area contributed by atoms with Crippen LogP contribution < -0.4 is 4.74 Å². The molecule has 0 saturated carbocycles. The molecular formula is C28H24F2NO3S+. The molecule has 1 atom stereocenters. The first-order valence-corrected chi connectivity index (χ1v) is 12.1. The van der Waals surface area contributed by atoms with Crippen molar-refractivity contribution in [3.63, 3.8) is 0 Å². The molecule has 1 unspecified atom stereocenters. The summed E-state index contributed by atoms with van der Waals surface area (Å²) in [6.07, 6.45) is 3.29. The number of benzene rings is 3. The summed E-state index contributed by atoms with van der Waals surface area (Å²) in [6, 6.07) is 23.8. The van der Waals surface area contributed by atoms with Gasteiger partial charge >= 0.3 is 5.97 Å². The van der Waals surface area contributed by atoms with Gasteiger partial charge in [0.25, 0.3) is 0 Å². The second kappa shape index (κ2) is 10.7. The minimum atomic E-state index is -0.822. The Morgan fingerprint density at radius 3 is 2.06 bits per heavy atom. The molecule has 0 amide bonds. The van der Waals surface area contributed by atoms with Crippen molar-refractivity contribution < 1.29 is 23.0 Å². The van der Waals surface area contributed by atoms with E-state index in [1.165, 1.54) is 12.1 Å². The van der Waals surface area contributed by atoms with Crippen LogP contribution in [0.1, 0.15) is 19.4 Å². The standard InChI is InChI=1S/C28H24F2NO3S/c1-28(2,20-12-14-31-15-13-20)34-27(32)19-33-23-8-10-25(11-9-23)35(24-6-4-3-5-7-24)26-17-21(29)16-22(30)18-26/h3-18H,19H2,1-2H3/q+1. The third kappa shape index (κ3) is 6.25. The molecule has 4 aromatic rings. The van der Waals surface area contributed by atoms with Crippen LogP contribution in [0.25, 0.3) is 0 Å². The lowest BCUT2D eigenvalue weighted by atomic mass is 9.99. The first-order chi connectivity index (χ1) is 16.8. The molecular weight excluding hydrogens is 468 g/mol. The fraction of sp³-hybridized carbons (Fsp3) is 0.143. The van der Waals surface area contributed by atoms with Crippen molar-refractivity contribution in [1.29, 1.82) is 0 Å². The lowest BCUT2D eigenvalue weighted by Gasteiger charge is -2.25. The van der Waals surface area contributed by atoms with Gasteiger partial charge in [0.15, 0.2) is 21.3 Å². The van der Waals surface area contributed by atoms with Crippen LogP contribution in [0.5, 0.6) is 5.75 Å². The molecule has 178 valence electrons. The van der Waals surface area contributed by atoms with E-state index in [4.69, 9.17) is 9.47 Å². The zero-order chi connectivity index (χ0) is 24.8. The Hall–Kier alpha value is -3.71. The number of nitrogens with zero attached hydrogens (tertiary/aromatic N) is 1. The van der Waals surface area contributed by atoms with Crippen LogP contribution >= 0.6 is 0 Å². The molecule has 0 N–H and O–H groups in total. The second-order valence-electron chi connectivity index (χ2n) is 8.20. The topological polar surface area (TPSA) is 48.4 Å². The SMILES string of the molecule is CC(C)(OC(=O)COc1ccc([S+](c2ccccc2)c2cc(F)cc(F)c2)cc1)c1ccncc1. The third-order valence-corrected chi connectivity index (χ3v) is 7.41. The van der Waals surface area contributed by atoms with E-state index in [9.17, 15) is 13.6 Å². The van der Waals surface area contributed by atoms with Gasteiger partial charge in [-0.25, -0.2) is 13.6 Å². The van der Waals surface area contributed by atoms with Crippen LogP contribution in [0.3, 0.4) is 0 Å². The van der Waals surface area contributed by atoms with Gasteiger partial charge in [-0.1, -0.05) is 18.2 Å². The molecule has 3 aromatic carbocycles. The number of ether oxygens (including phenoxy) is 2. The van der Waals surface area contributed by atoms with Gasteiger partial charge in [0.1, 0.15) is 23.0 Å². The van der Waals surface area contributed by atoms with E-state index < -0.39 is 34.1 Å². The van der Waals surface area contributed by atoms with Gasteiger partial charge in [0, 0.05) is 30.6 Å². The third-order valence-electron chi connectivity index (χ3n) is 5.21. The van der Waals surface area contributed by atoms with Crippen LogP contribution in [0.2, 0.25) is 0 Å². The van der Waals surface area contributed by atoms with Gasteiger partial charge in [-0.2, -0.15) is 0 Å². The minimum absolute atomic E-state index is 0.257. The smallest absolute Gasteiger partial charge is 0.345 e. The number of rotatable bonds is 8. The molecule has 4 rings (SSSR count). The first-order valence-electron chi connectivity index (χ1n) is 10.9. The van der Waals surface area contributed by atoms with Gasteiger partial charge in [-0.15, -0.1) is 0 Å². The average molecular weight is 493 g/mol. The largest absolute Gasteiger partial charge is 0.482 e. The van der Waals surface area contributed by atoms with E-state index in [2.05, 4.69) is 4.98 Å². The van der Waals surface area contributed by atoms with Crippen molar-refractivity contribution in [3.05, 3.63) is 115 Å². The van der Waals surface area contributed by atoms with Crippen molar-refractivity contribution in [3.8, 4) is 5.75 Å². The highest BCUT2D eigenvalue weighted by Gasteiger charge is 2.30. The predicted octanol–water partition coefficient (Wildman–Crippen LogP) is 6.31. The van der Waals surface area contributed by atoms with Crippen LogP contribution in [-0.2, 0) is 26.0 Å². The minimum Gasteiger partial charge on any atom is -0.482 e. The maximum Gasteiger partial charge on any atom is 0.345 e. The molecule has 0 radical (unpaired) electrons. The zero-order valence-corrected chi connectivity index (χ0v) is 20.1. The summed E-state index contributed by atoms with van der Waals surface area (Å²) < 4.78 is 39.2. The normalized spacial score (nSPS) is 12.1. The molecule has 0 aliphatic heterocycles. The van der Waals surface area contributed by atoms with Gasteiger partial charge in [0.05, 0.1) is 10.9 Å². The molecule has 0 fully saturated rings. The zero-order valence-electron chi connectivity index (χ0n) is 19.3. The van der Waals surface area contributed by atoms with Gasteiger partial charge in [-0.05, 0) is 67.9 Å². The number of pyridine rings is 1. The van der Waals surface area contributed by atoms with Crippen LogP contribution in [0, 0.1) is 11.6 Å². The fourth-order valence-corrected chi connectivity index (χ4v) is 5.67. The van der Waals surface area contributed by atoms with Gasteiger partial charge < -0.3 is 9.47 Å². The Morgan fingerprint density at radius 1 is 0.829 bits per heavy atom. The van der Waals surface area contributed by atoms with E-state index in [0.717, 1.165) is 21.4 Å². The Kier molecular flexibility index (Phi) is 7.46. The molecule has 0 spiro atoms. The number of carbonyl (C=O) groups is 1. The van der Waals surface area contributed by atoms with E-state index in [0.29, 0.717) is 10.6 Å². The molecule has 0 aliphatic rings. The maximum absolute atomic E-state index is 14.0. The van der Waals surface area contributed by atoms with Gasteiger partial charge in [0.2, 0.25) is 0 Å². The highest BCUT2D eigenvalue weighted by molar-refractivity contribution is 7.97. The van der Waals surface area contributed by atoms with Crippen LogP contribution in [-0.4, -0.2) is 17.6 Å². The van der Waals surface area contributed by atoms with Crippen molar-refractivity contribution in [2.45, 2.75) is 34.1 Å². The summed E-state index contributed by atoms with van der Waals surface area (Å²) in [7, 11) is -0.723. The Labute approximate surface area is 205 Å².